The van der Waals surface area contributed by atoms with Crippen molar-refractivity contribution in [3.05, 3.63) is 160 Å². The molecule has 1 heterocycles. The van der Waals surface area contributed by atoms with Gasteiger partial charge in [0.1, 0.15) is 0 Å². The van der Waals surface area contributed by atoms with Gasteiger partial charge in [-0.25, -0.2) is 28.8 Å². The number of carboxylic acid groups (broad SMARTS) is 4. The summed E-state index contributed by atoms with van der Waals surface area (Å²) in [7, 11) is 0. The number of carbonyl (C=O) groups excluding carboxylic acids is 4. The van der Waals surface area contributed by atoms with Gasteiger partial charge in [0.25, 0.3) is 11.4 Å². The van der Waals surface area contributed by atoms with Crippen LogP contribution in [0, 0.1) is 20.2 Å². The number of carbonyl (C=O) groups is 8. The third-order valence-electron chi connectivity index (χ3n) is 7.69. The van der Waals surface area contributed by atoms with Crippen molar-refractivity contribution in [2.75, 3.05) is 25.1 Å². The molecule has 0 spiro atoms. The average Bonchev–Trinajstić information content (AvgIpc) is 3.29. The fraction of sp³-hybridized carbons (Fsp3) is 0.200. The van der Waals surface area contributed by atoms with Crippen molar-refractivity contribution in [2.24, 2.45) is 0 Å². The lowest BCUT2D eigenvalue weighted by molar-refractivity contribution is -0.385. The molecule has 4 aromatic carbocycles. The third-order valence-corrected chi connectivity index (χ3v) is 8.89. The third kappa shape index (κ3) is 24.8. The minimum Gasteiger partial charge on any atom is -0.478 e. The summed E-state index contributed by atoms with van der Waals surface area (Å²) in [5.41, 5.74) is 1.32. The Kier molecular flexibility index (Phi) is 28.7. The Morgan fingerprint density at radius 3 is 1.54 bits per heavy atom. The standard InChI is InChI=1S/C12H11NO6.C10H9NO3.C7H4BrNO4.C7H5BrO2.C5H8O2.C4H8O2/c1-2-19-11(14)6-5-8-3-4-9(12(15)16)7-10(8)13(17)18;12-9-4-3-6-1-2-7(10(13)14)5-8(6)11-9;8-5-2-1-4(7(10)11)3-6(5)9(12)13;8-6-3-1-5(2-4-6)7(9)10;1-3-5(6)7-4-2;1-3-6-4(2)5/h3-7H,2H2,1H3,(H,15,16);1-2,5H,3-4H2,(H,11,12)(H,13,14);1-3H,(H,10,11);1-4H,(H,9,10);3H,1,4H2,2H3;3H2,1-2H3. The minimum atomic E-state index is -1.26. The first-order valence-corrected chi connectivity index (χ1v) is 21.1. The Morgan fingerprint density at radius 2 is 1.10 bits per heavy atom. The van der Waals surface area contributed by atoms with Gasteiger partial charge in [0.2, 0.25) is 5.91 Å². The molecule has 0 unspecified atom stereocenters. The Balaban J connectivity index is 0.000000837. The maximum atomic E-state index is 11.1. The zero-order valence-electron chi connectivity index (χ0n) is 37.0. The fourth-order valence-electron chi connectivity index (χ4n) is 4.61. The SMILES string of the molecule is C=CC(=O)OCC.CCOC(=O)C=Cc1ccc(C(=O)O)cc1[N+](=O)[O-].CCOC(C)=O.O=C(O)c1ccc(Br)c([N+](=O)[O-])c1.O=C(O)c1ccc(Br)cc1.O=C1CCc2ccc(C(=O)O)cc2N1. The molecule has 1 amide bonds. The number of rotatable bonds is 12. The second-order valence-corrected chi connectivity index (χ2v) is 14.3. The summed E-state index contributed by atoms with van der Waals surface area (Å²) in [4.78, 5) is 104. The first-order chi connectivity index (χ1) is 32.4. The predicted octanol–water partition coefficient (Wildman–Crippen LogP) is 8.65. The van der Waals surface area contributed by atoms with E-state index in [-0.39, 0.29) is 62.6 Å². The smallest absolute Gasteiger partial charge is 0.335 e. The van der Waals surface area contributed by atoms with Crippen molar-refractivity contribution in [3.8, 4) is 0 Å². The number of aryl methyl sites for hydroxylation is 1. The molecule has 368 valence electrons. The van der Waals surface area contributed by atoms with E-state index in [9.17, 15) is 58.6 Å². The Bertz CT molecular complexity index is 2530. The van der Waals surface area contributed by atoms with Gasteiger partial charge in [0.15, 0.2) is 0 Å². The number of hydrogen-bond donors (Lipinski definition) is 5. The molecule has 24 heteroatoms. The summed E-state index contributed by atoms with van der Waals surface area (Å²) in [6, 6.07) is 18.3. The highest BCUT2D eigenvalue weighted by Crippen LogP contribution is 2.26. The van der Waals surface area contributed by atoms with E-state index >= 15 is 0 Å². The van der Waals surface area contributed by atoms with Crippen molar-refractivity contribution in [1.29, 1.82) is 0 Å². The van der Waals surface area contributed by atoms with Crippen LogP contribution in [0.1, 0.15) is 86.7 Å². The Morgan fingerprint density at radius 1 is 0.652 bits per heavy atom. The number of aromatic carboxylic acids is 4. The molecule has 0 radical (unpaired) electrons. The number of anilines is 1. The first kappa shape index (κ1) is 60.9. The second kappa shape index (κ2) is 32.5. The van der Waals surface area contributed by atoms with Crippen molar-refractivity contribution in [1.82, 2.24) is 0 Å². The van der Waals surface area contributed by atoms with Gasteiger partial charge >= 0.3 is 41.8 Å². The number of carboxylic acids is 4. The molecule has 0 saturated carbocycles. The molecule has 0 saturated heterocycles. The van der Waals surface area contributed by atoms with Crippen LogP contribution in [0.2, 0.25) is 0 Å². The number of hydrogen-bond acceptors (Lipinski definition) is 15. The lowest BCUT2D eigenvalue weighted by Crippen LogP contribution is -2.19. The van der Waals surface area contributed by atoms with E-state index < -0.39 is 39.7 Å². The minimum absolute atomic E-state index is 0.0555. The highest BCUT2D eigenvalue weighted by molar-refractivity contribution is 9.10. The molecule has 0 bridgehead atoms. The van der Waals surface area contributed by atoms with Crippen LogP contribution in [0.25, 0.3) is 6.08 Å². The molecule has 5 N–H and O–H groups in total. The molecule has 1 aliphatic heterocycles. The van der Waals surface area contributed by atoms with Gasteiger partial charge in [-0.3, -0.25) is 29.8 Å². The topological polar surface area (TPSA) is 343 Å². The first-order valence-electron chi connectivity index (χ1n) is 19.5. The lowest BCUT2D eigenvalue weighted by Gasteiger charge is -2.16. The van der Waals surface area contributed by atoms with Gasteiger partial charge in [0.05, 0.1) is 62.0 Å². The number of nitrogens with one attached hydrogen (secondary N) is 1. The largest absolute Gasteiger partial charge is 0.478 e. The molecule has 1 aliphatic rings. The van der Waals surface area contributed by atoms with Gasteiger partial charge in [-0.1, -0.05) is 28.6 Å². The average molecular weight is 1090 g/mol. The number of esters is 3. The number of nitro benzene ring substituents is 2. The summed E-state index contributed by atoms with van der Waals surface area (Å²) in [6.07, 6.45) is 4.55. The van der Waals surface area contributed by atoms with Crippen LogP contribution < -0.4 is 5.32 Å². The zero-order valence-corrected chi connectivity index (χ0v) is 40.2. The van der Waals surface area contributed by atoms with Gasteiger partial charge < -0.3 is 40.0 Å². The number of benzene rings is 4. The predicted molar refractivity (Wildman–Crippen MR) is 254 cm³/mol. The normalized spacial score (nSPS) is 10.4. The van der Waals surface area contributed by atoms with E-state index in [4.69, 9.17) is 20.4 Å². The number of nitro groups is 2. The number of halogens is 2. The van der Waals surface area contributed by atoms with Crippen LogP contribution in [-0.4, -0.2) is 97.8 Å². The van der Waals surface area contributed by atoms with E-state index in [0.717, 1.165) is 34.3 Å². The molecule has 22 nitrogen and oxygen atoms in total. The van der Waals surface area contributed by atoms with Crippen molar-refractivity contribution in [3.63, 3.8) is 0 Å². The maximum absolute atomic E-state index is 11.1. The summed E-state index contributed by atoms with van der Waals surface area (Å²) in [5, 5.41) is 58.4. The number of nitrogens with zero attached hydrogens (tertiary/aromatic N) is 2. The maximum Gasteiger partial charge on any atom is 0.335 e. The highest BCUT2D eigenvalue weighted by atomic mass is 79.9. The number of ether oxygens (including phenoxy) is 3. The van der Waals surface area contributed by atoms with Crippen molar-refractivity contribution in [2.45, 2.75) is 40.5 Å². The van der Waals surface area contributed by atoms with E-state index in [1.54, 1.807) is 57.2 Å². The van der Waals surface area contributed by atoms with Crippen LogP contribution >= 0.6 is 31.9 Å². The van der Waals surface area contributed by atoms with E-state index in [1.807, 2.05) is 0 Å². The van der Waals surface area contributed by atoms with Gasteiger partial charge in [-0.2, -0.15) is 0 Å². The number of fused-ring (bicyclic) bond motifs is 1. The molecule has 4 aromatic rings. The number of amides is 1. The Labute approximate surface area is 409 Å². The monoisotopic (exact) mass is 1090 g/mol. The highest BCUT2D eigenvalue weighted by Gasteiger charge is 2.18. The molecule has 69 heavy (non-hydrogen) atoms. The van der Waals surface area contributed by atoms with Crippen LogP contribution in [0.5, 0.6) is 0 Å². The summed E-state index contributed by atoms with van der Waals surface area (Å²) >= 11 is 6.15. The van der Waals surface area contributed by atoms with Crippen LogP contribution in [0.15, 0.2) is 107 Å². The van der Waals surface area contributed by atoms with E-state index in [2.05, 4.69) is 58.0 Å². The van der Waals surface area contributed by atoms with Crippen LogP contribution in [-0.2, 0) is 39.8 Å². The quantitative estimate of drug-likeness (QED) is 0.0291. The summed E-state index contributed by atoms with van der Waals surface area (Å²) in [5.74, 6) is -5.57. The zero-order chi connectivity index (χ0) is 52.8. The summed E-state index contributed by atoms with van der Waals surface area (Å²) < 4.78 is 14.6. The van der Waals surface area contributed by atoms with Crippen molar-refractivity contribution >= 4 is 103 Å². The van der Waals surface area contributed by atoms with E-state index in [0.29, 0.717) is 37.3 Å². The molecule has 0 atom stereocenters. The molecule has 0 aromatic heterocycles. The molecular formula is C45H45Br2N3O19. The van der Waals surface area contributed by atoms with Crippen LogP contribution in [0.3, 0.4) is 0 Å². The molecule has 0 fully saturated rings. The Hall–Kier alpha value is -8.12. The van der Waals surface area contributed by atoms with E-state index in [1.165, 1.54) is 43.3 Å². The van der Waals surface area contributed by atoms with Crippen LogP contribution in [0.4, 0.5) is 17.1 Å². The van der Waals surface area contributed by atoms with Crippen molar-refractivity contribution < 1.29 is 82.8 Å². The summed E-state index contributed by atoms with van der Waals surface area (Å²) in [6.45, 7) is 10.9. The molecule has 0 aliphatic carbocycles. The van der Waals surface area contributed by atoms with Gasteiger partial charge in [-0.15, -0.1) is 0 Å². The molecule has 5 rings (SSSR count). The lowest BCUT2D eigenvalue weighted by atomic mass is 10.0. The molecular weight excluding hydrogens is 1050 g/mol. The van der Waals surface area contributed by atoms with Gasteiger partial charge in [0, 0.05) is 47.8 Å². The fourth-order valence-corrected chi connectivity index (χ4v) is 5.27. The van der Waals surface area contributed by atoms with Gasteiger partial charge in [-0.05, 0) is 115 Å². The second-order valence-electron chi connectivity index (χ2n) is 12.6.